The number of benzene rings is 3. The highest BCUT2D eigenvalue weighted by Gasteiger charge is 2.44. The minimum absolute atomic E-state index is 0.00141. The van der Waals surface area contributed by atoms with E-state index in [0.717, 1.165) is 50.3 Å². The van der Waals surface area contributed by atoms with E-state index in [1.165, 1.54) is 0 Å². The molecule has 3 aromatic rings. The first-order valence-corrected chi connectivity index (χ1v) is 18.8. The number of anilines is 4. The third-order valence-corrected chi connectivity index (χ3v) is 11.5. The average molecular weight is 737 g/mol. The fourth-order valence-electron chi connectivity index (χ4n) is 8.27. The molecule has 13 heteroatoms. The minimum atomic E-state index is -0.504. The molecule has 0 bridgehead atoms. The number of piperidine rings is 2. The summed E-state index contributed by atoms with van der Waals surface area (Å²) >= 11 is 6.36. The lowest BCUT2D eigenvalue weighted by Crippen LogP contribution is -2.50. The Balaban J connectivity index is 0.852. The second-order valence-corrected chi connectivity index (χ2v) is 15.2. The zero-order chi connectivity index (χ0) is 37.1. The van der Waals surface area contributed by atoms with Gasteiger partial charge < -0.3 is 25.3 Å². The monoisotopic (exact) mass is 736 g/mol. The highest BCUT2D eigenvalue weighted by atomic mass is 35.5. The number of hydrogen-bond acceptors (Lipinski definition) is 9. The summed E-state index contributed by atoms with van der Waals surface area (Å²) in [5, 5.41) is 18.2. The minimum Gasteiger partial charge on any atom is -0.374 e. The van der Waals surface area contributed by atoms with Crippen LogP contribution in [0, 0.1) is 16.7 Å². The van der Waals surface area contributed by atoms with Crippen LogP contribution in [0.2, 0.25) is 5.02 Å². The van der Waals surface area contributed by atoms with E-state index in [1.807, 2.05) is 46.2 Å². The van der Waals surface area contributed by atoms with Gasteiger partial charge in [-0.2, -0.15) is 5.26 Å². The molecule has 1 spiro atoms. The number of nitrogens with one attached hydrogen (secondary N) is 3. The van der Waals surface area contributed by atoms with Gasteiger partial charge in [0, 0.05) is 86.6 Å². The van der Waals surface area contributed by atoms with Gasteiger partial charge >= 0.3 is 0 Å². The van der Waals surface area contributed by atoms with Crippen molar-refractivity contribution in [1.82, 2.24) is 15.1 Å². The molecule has 3 N–H and O–H groups in total. The molecule has 4 fully saturated rings. The summed E-state index contributed by atoms with van der Waals surface area (Å²) < 4.78 is 0. The lowest BCUT2D eigenvalue weighted by atomic mass is 9.76. The number of nitrogens with zero attached hydrogens (tertiary/aromatic N) is 5. The smallest absolute Gasteiger partial charge is 0.253 e. The summed E-state index contributed by atoms with van der Waals surface area (Å²) in [6.45, 7) is 7.65. The van der Waals surface area contributed by atoms with Gasteiger partial charge in [0.2, 0.25) is 17.7 Å². The molecule has 4 aliphatic rings. The number of carbonyl (C=O) groups is 4. The molecule has 0 unspecified atom stereocenters. The molecular weight excluding hydrogens is 692 g/mol. The van der Waals surface area contributed by atoms with Gasteiger partial charge in [-0.25, -0.2) is 0 Å². The Morgan fingerprint density at radius 2 is 1.66 bits per heavy atom. The number of piperazine rings is 1. The van der Waals surface area contributed by atoms with Gasteiger partial charge in [-0.15, -0.1) is 0 Å². The van der Waals surface area contributed by atoms with Gasteiger partial charge in [0.1, 0.15) is 12.1 Å². The summed E-state index contributed by atoms with van der Waals surface area (Å²) in [6.07, 6.45) is 4.01. The Bertz CT molecular complexity index is 1910. The molecule has 4 aliphatic heterocycles. The third-order valence-electron chi connectivity index (χ3n) is 11.2. The van der Waals surface area contributed by atoms with E-state index in [-0.39, 0.29) is 42.0 Å². The first kappa shape index (κ1) is 36.2. The van der Waals surface area contributed by atoms with E-state index >= 15 is 0 Å². The van der Waals surface area contributed by atoms with Crippen LogP contribution >= 0.6 is 11.6 Å². The molecule has 4 heterocycles. The van der Waals surface area contributed by atoms with Crippen molar-refractivity contribution in [3.8, 4) is 6.07 Å². The SMILES string of the molecule is C[C@H]1CC2(CCN(c3ccc(C(=O)N4CCN(CC(=O)Nc5cccc(N[C@H]6CCC(=O)NC6=O)c5)CC4)cc3)CC2)CN1c1ccc(C#N)c(Cl)c1. The Labute approximate surface area is 315 Å². The topological polar surface area (TPSA) is 141 Å². The standard InChI is InChI=1S/C40H45ClN8O4/c1-27-23-40(26-49(27)33-10-7-29(24-42)34(41)22-33)13-15-47(16-14-40)32-8-5-28(6-9-32)39(53)48-19-17-46(18-20-48)25-37(51)44-31-4-2-3-30(21-31)43-35-11-12-36(50)45-38(35)52/h2-10,21-22,27,35,43H,11-20,23,25-26H2,1H3,(H,44,51)(H,45,50,52)/t27-,35-/m0/s1. The van der Waals surface area contributed by atoms with E-state index in [2.05, 4.69) is 50.9 Å². The Hall–Kier alpha value is -5.12. The maximum atomic E-state index is 13.4. The quantitative estimate of drug-likeness (QED) is 0.281. The van der Waals surface area contributed by atoms with Crippen molar-refractivity contribution >= 4 is 58.0 Å². The van der Waals surface area contributed by atoms with Gasteiger partial charge in [0.05, 0.1) is 17.1 Å². The summed E-state index contributed by atoms with van der Waals surface area (Å²) in [7, 11) is 0. The van der Waals surface area contributed by atoms with Crippen LogP contribution in [0.15, 0.2) is 66.7 Å². The van der Waals surface area contributed by atoms with Crippen LogP contribution in [0.25, 0.3) is 0 Å². The molecule has 3 aromatic carbocycles. The Morgan fingerprint density at radius 3 is 2.36 bits per heavy atom. The number of hydrogen-bond donors (Lipinski definition) is 3. The summed E-state index contributed by atoms with van der Waals surface area (Å²) in [5.41, 5.74) is 4.92. The lowest BCUT2D eigenvalue weighted by molar-refractivity contribution is -0.133. The third kappa shape index (κ3) is 8.27. The second-order valence-electron chi connectivity index (χ2n) is 14.8. The van der Waals surface area contributed by atoms with Crippen molar-refractivity contribution in [2.75, 3.05) is 72.8 Å². The number of halogens is 1. The average Bonchev–Trinajstić information content (AvgIpc) is 3.48. The molecule has 276 valence electrons. The number of imide groups is 1. The Kier molecular flexibility index (Phi) is 10.6. The van der Waals surface area contributed by atoms with Crippen LogP contribution < -0.4 is 25.8 Å². The summed E-state index contributed by atoms with van der Waals surface area (Å²) in [6, 6.07) is 22.9. The van der Waals surface area contributed by atoms with Crippen molar-refractivity contribution in [2.24, 2.45) is 5.41 Å². The predicted molar refractivity (Wildman–Crippen MR) is 205 cm³/mol. The first-order valence-electron chi connectivity index (χ1n) is 18.4. The van der Waals surface area contributed by atoms with Crippen LogP contribution in [-0.4, -0.2) is 97.9 Å². The normalized spacial score (nSPS) is 21.6. The molecule has 2 atom stereocenters. The van der Waals surface area contributed by atoms with Crippen molar-refractivity contribution in [3.05, 3.63) is 82.9 Å². The van der Waals surface area contributed by atoms with Gasteiger partial charge in [0.25, 0.3) is 5.91 Å². The Morgan fingerprint density at radius 1 is 0.943 bits per heavy atom. The molecule has 0 aliphatic carbocycles. The van der Waals surface area contributed by atoms with E-state index < -0.39 is 6.04 Å². The van der Waals surface area contributed by atoms with Crippen LogP contribution in [0.1, 0.15) is 54.9 Å². The van der Waals surface area contributed by atoms with Crippen LogP contribution in [0.3, 0.4) is 0 Å². The van der Waals surface area contributed by atoms with E-state index in [0.29, 0.717) is 66.2 Å². The maximum absolute atomic E-state index is 13.4. The largest absolute Gasteiger partial charge is 0.374 e. The molecule has 0 saturated carbocycles. The van der Waals surface area contributed by atoms with Crippen LogP contribution in [-0.2, 0) is 14.4 Å². The van der Waals surface area contributed by atoms with E-state index in [4.69, 9.17) is 11.6 Å². The number of nitriles is 1. The summed E-state index contributed by atoms with van der Waals surface area (Å²) in [4.78, 5) is 58.6. The molecule has 0 aromatic heterocycles. The molecule has 53 heavy (non-hydrogen) atoms. The fourth-order valence-corrected chi connectivity index (χ4v) is 8.49. The number of amides is 4. The fraction of sp³-hybridized carbons (Fsp3) is 0.425. The van der Waals surface area contributed by atoms with Crippen LogP contribution in [0.4, 0.5) is 22.7 Å². The number of carbonyl (C=O) groups excluding carboxylic acids is 4. The van der Waals surface area contributed by atoms with E-state index in [9.17, 15) is 24.4 Å². The second kappa shape index (κ2) is 15.5. The van der Waals surface area contributed by atoms with Gasteiger partial charge in [-0.1, -0.05) is 17.7 Å². The molecule has 4 amide bonds. The maximum Gasteiger partial charge on any atom is 0.253 e. The molecule has 0 radical (unpaired) electrons. The first-order chi connectivity index (χ1) is 25.6. The highest BCUT2D eigenvalue weighted by molar-refractivity contribution is 6.32. The van der Waals surface area contributed by atoms with Gasteiger partial charge in [-0.05, 0) is 98.7 Å². The lowest BCUT2D eigenvalue weighted by Gasteiger charge is -2.40. The van der Waals surface area contributed by atoms with Crippen molar-refractivity contribution < 1.29 is 19.2 Å². The van der Waals surface area contributed by atoms with Crippen molar-refractivity contribution in [3.63, 3.8) is 0 Å². The zero-order valence-corrected chi connectivity index (χ0v) is 30.7. The molecular formula is C40H45ClN8O4. The van der Waals surface area contributed by atoms with Crippen molar-refractivity contribution in [1.29, 1.82) is 5.26 Å². The van der Waals surface area contributed by atoms with Gasteiger partial charge in [0.15, 0.2) is 0 Å². The summed E-state index contributed by atoms with van der Waals surface area (Å²) in [5.74, 6) is -0.770. The van der Waals surface area contributed by atoms with Gasteiger partial charge in [-0.3, -0.25) is 29.4 Å². The zero-order valence-electron chi connectivity index (χ0n) is 29.9. The molecule has 12 nitrogen and oxygen atoms in total. The molecule has 7 rings (SSSR count). The van der Waals surface area contributed by atoms with Crippen LogP contribution in [0.5, 0.6) is 0 Å². The highest BCUT2D eigenvalue weighted by Crippen LogP contribution is 2.46. The predicted octanol–water partition coefficient (Wildman–Crippen LogP) is 4.71. The van der Waals surface area contributed by atoms with E-state index in [1.54, 1.807) is 18.2 Å². The number of rotatable bonds is 8. The van der Waals surface area contributed by atoms with Crippen molar-refractivity contribution in [2.45, 2.75) is 51.1 Å². The molecule has 4 saturated heterocycles.